The molecule has 0 bridgehead atoms. The molecule has 2 rings (SSSR count). The first-order valence-corrected chi connectivity index (χ1v) is 3.76. The summed E-state index contributed by atoms with van der Waals surface area (Å²) in [6.45, 7) is 2.03. The molecular weight excluding hydrogens is 144 g/mol. The molecule has 62 valence electrons. The first-order valence-electron chi connectivity index (χ1n) is 3.76. The number of carbonyl (C=O) groups is 1. The highest BCUT2D eigenvalue weighted by Gasteiger charge is 2.41. The van der Waals surface area contributed by atoms with E-state index >= 15 is 0 Å². The Bertz CT molecular complexity index is 195. The average Bonchev–Trinajstić information content (AvgIpc) is 2.37. The number of nitrogens with two attached hydrogens (primary N) is 2. The Morgan fingerprint density at radius 1 is 1.27 bits per heavy atom. The number of hydrazine groups is 1. The van der Waals surface area contributed by atoms with E-state index in [2.05, 4.69) is 0 Å². The van der Waals surface area contributed by atoms with Crippen molar-refractivity contribution in [2.75, 3.05) is 19.6 Å². The molecule has 2 fully saturated rings. The summed E-state index contributed by atoms with van der Waals surface area (Å²) < 4.78 is 0. The minimum atomic E-state index is -0.331. The monoisotopic (exact) mass is 156 g/mol. The second-order valence-electron chi connectivity index (χ2n) is 3.16. The topological polar surface area (TPSA) is 75.6 Å². The maximum atomic E-state index is 11.2. The lowest BCUT2D eigenvalue weighted by molar-refractivity contribution is -0.134. The number of nitrogens with zero attached hydrogens (tertiary/aromatic N) is 2. The molecule has 0 saturated carbocycles. The van der Waals surface area contributed by atoms with E-state index in [1.54, 1.807) is 5.01 Å². The molecule has 1 amide bonds. The number of hydrogen-bond donors (Lipinski definition) is 2. The van der Waals surface area contributed by atoms with Gasteiger partial charge in [-0.15, -0.1) is 0 Å². The minimum Gasteiger partial charge on any atom is -0.325 e. The summed E-state index contributed by atoms with van der Waals surface area (Å²) in [6, 6.07) is -0.228. The molecular formula is C6H12N4O. The Morgan fingerprint density at radius 2 is 2.00 bits per heavy atom. The van der Waals surface area contributed by atoms with Gasteiger partial charge in [0.25, 0.3) is 5.91 Å². The van der Waals surface area contributed by atoms with E-state index < -0.39 is 0 Å². The lowest BCUT2D eigenvalue weighted by Crippen LogP contribution is -2.38. The summed E-state index contributed by atoms with van der Waals surface area (Å²) >= 11 is 0. The van der Waals surface area contributed by atoms with Crippen LogP contribution in [0.2, 0.25) is 0 Å². The molecule has 5 heteroatoms. The summed E-state index contributed by atoms with van der Waals surface area (Å²) in [5.41, 5.74) is 11.2. The first kappa shape index (κ1) is 7.02. The van der Waals surface area contributed by atoms with Gasteiger partial charge in [-0.05, 0) is 0 Å². The molecule has 0 radical (unpaired) electrons. The highest BCUT2D eigenvalue weighted by atomic mass is 16.2. The van der Waals surface area contributed by atoms with Crippen LogP contribution >= 0.6 is 0 Å². The Morgan fingerprint density at radius 3 is 2.64 bits per heavy atom. The maximum Gasteiger partial charge on any atom is 0.255 e. The number of fused-ring (bicyclic) bond motifs is 1. The standard InChI is InChI=1S/C6H12N4O/c7-4-1-9-3-5(8)6(11)10(9)2-4/h4-5H,1-3,7-8H2/t4-,5+/m1/s1. The summed E-state index contributed by atoms with van der Waals surface area (Å²) in [5.74, 6) is 0.0120. The highest BCUT2D eigenvalue weighted by Crippen LogP contribution is 2.17. The summed E-state index contributed by atoms with van der Waals surface area (Å²) in [5, 5.41) is 3.59. The van der Waals surface area contributed by atoms with E-state index in [-0.39, 0.29) is 18.0 Å². The van der Waals surface area contributed by atoms with Crippen molar-refractivity contribution >= 4 is 5.91 Å². The Kier molecular flexibility index (Phi) is 1.38. The van der Waals surface area contributed by atoms with Crippen LogP contribution in [0.1, 0.15) is 0 Å². The van der Waals surface area contributed by atoms with Crippen LogP contribution in [0.4, 0.5) is 0 Å². The minimum absolute atomic E-state index is 0.0120. The van der Waals surface area contributed by atoms with Gasteiger partial charge >= 0.3 is 0 Å². The quantitative estimate of drug-likeness (QED) is 0.414. The van der Waals surface area contributed by atoms with E-state index in [1.165, 1.54) is 0 Å². The predicted octanol–water partition coefficient (Wildman–Crippen LogP) is -2.29. The fraction of sp³-hybridized carbons (Fsp3) is 0.833. The van der Waals surface area contributed by atoms with Gasteiger partial charge in [0.15, 0.2) is 0 Å². The lowest BCUT2D eigenvalue weighted by Gasteiger charge is -2.16. The van der Waals surface area contributed by atoms with Gasteiger partial charge in [0.1, 0.15) is 6.04 Å². The zero-order chi connectivity index (χ0) is 8.01. The smallest absolute Gasteiger partial charge is 0.255 e. The molecule has 0 aliphatic carbocycles. The molecule has 5 nitrogen and oxygen atoms in total. The number of hydrogen-bond acceptors (Lipinski definition) is 4. The number of amides is 1. The zero-order valence-electron chi connectivity index (χ0n) is 6.23. The summed E-state index contributed by atoms with van der Waals surface area (Å²) in [4.78, 5) is 11.2. The van der Waals surface area contributed by atoms with Crippen molar-refractivity contribution < 1.29 is 4.79 Å². The van der Waals surface area contributed by atoms with E-state index in [0.717, 1.165) is 6.54 Å². The molecule has 2 heterocycles. The molecule has 0 aromatic carbocycles. The van der Waals surface area contributed by atoms with E-state index in [4.69, 9.17) is 11.5 Å². The van der Waals surface area contributed by atoms with Gasteiger partial charge in [0, 0.05) is 19.1 Å². The van der Waals surface area contributed by atoms with Crippen LogP contribution in [-0.4, -0.2) is 47.6 Å². The van der Waals surface area contributed by atoms with Crippen LogP contribution in [-0.2, 0) is 4.79 Å². The maximum absolute atomic E-state index is 11.2. The van der Waals surface area contributed by atoms with Gasteiger partial charge in [-0.3, -0.25) is 9.80 Å². The van der Waals surface area contributed by atoms with Crippen LogP contribution in [0.25, 0.3) is 0 Å². The van der Waals surface area contributed by atoms with Crippen LogP contribution in [0.3, 0.4) is 0 Å². The van der Waals surface area contributed by atoms with Gasteiger partial charge < -0.3 is 11.5 Å². The molecule has 0 spiro atoms. The molecule has 0 unspecified atom stereocenters. The lowest BCUT2D eigenvalue weighted by atomic mass is 10.2. The van der Waals surface area contributed by atoms with Crippen LogP contribution in [0, 0.1) is 0 Å². The van der Waals surface area contributed by atoms with Crippen molar-refractivity contribution in [2.45, 2.75) is 12.1 Å². The van der Waals surface area contributed by atoms with Crippen molar-refractivity contribution in [1.29, 1.82) is 0 Å². The fourth-order valence-corrected chi connectivity index (χ4v) is 1.66. The molecule has 0 aromatic heterocycles. The average molecular weight is 156 g/mol. The van der Waals surface area contributed by atoms with Gasteiger partial charge in [0.05, 0.1) is 6.54 Å². The predicted molar refractivity (Wildman–Crippen MR) is 39.2 cm³/mol. The second-order valence-corrected chi connectivity index (χ2v) is 3.16. The van der Waals surface area contributed by atoms with E-state index in [0.29, 0.717) is 13.1 Å². The van der Waals surface area contributed by atoms with Crippen molar-refractivity contribution in [3.63, 3.8) is 0 Å². The third kappa shape index (κ3) is 0.926. The largest absolute Gasteiger partial charge is 0.325 e. The van der Waals surface area contributed by atoms with Gasteiger partial charge in [-0.25, -0.2) is 5.01 Å². The van der Waals surface area contributed by atoms with Crippen molar-refractivity contribution in [3.05, 3.63) is 0 Å². The van der Waals surface area contributed by atoms with Crippen LogP contribution in [0.5, 0.6) is 0 Å². The SMILES string of the molecule is N[C@@H]1CN2C[C@H](N)C(=O)N2C1. The second kappa shape index (κ2) is 2.17. The Balaban J connectivity index is 2.13. The van der Waals surface area contributed by atoms with Gasteiger partial charge in [-0.1, -0.05) is 0 Å². The van der Waals surface area contributed by atoms with E-state index in [9.17, 15) is 4.79 Å². The normalized spacial score (nSPS) is 38.4. The Hall–Kier alpha value is -0.650. The molecule has 4 N–H and O–H groups in total. The molecule has 2 saturated heterocycles. The van der Waals surface area contributed by atoms with Gasteiger partial charge in [0.2, 0.25) is 0 Å². The molecule has 2 aliphatic rings. The third-order valence-electron chi connectivity index (χ3n) is 2.17. The first-order chi connectivity index (χ1) is 5.18. The molecule has 2 aliphatic heterocycles. The number of carbonyl (C=O) groups excluding carboxylic acids is 1. The highest BCUT2D eigenvalue weighted by molar-refractivity contribution is 5.83. The fourth-order valence-electron chi connectivity index (χ4n) is 1.66. The summed E-state index contributed by atoms with van der Waals surface area (Å²) in [6.07, 6.45) is 0. The molecule has 2 atom stereocenters. The van der Waals surface area contributed by atoms with Crippen molar-refractivity contribution in [1.82, 2.24) is 10.0 Å². The van der Waals surface area contributed by atoms with Gasteiger partial charge in [-0.2, -0.15) is 0 Å². The molecule has 0 aromatic rings. The third-order valence-corrected chi connectivity index (χ3v) is 2.17. The van der Waals surface area contributed by atoms with Crippen LogP contribution < -0.4 is 11.5 Å². The molecule has 11 heavy (non-hydrogen) atoms. The van der Waals surface area contributed by atoms with Crippen molar-refractivity contribution in [2.24, 2.45) is 11.5 Å². The number of rotatable bonds is 0. The van der Waals surface area contributed by atoms with Crippen molar-refractivity contribution in [3.8, 4) is 0 Å². The van der Waals surface area contributed by atoms with E-state index in [1.807, 2.05) is 5.01 Å². The summed E-state index contributed by atoms with van der Waals surface area (Å²) in [7, 11) is 0. The zero-order valence-corrected chi connectivity index (χ0v) is 6.23. The Labute approximate surface area is 64.9 Å². The van der Waals surface area contributed by atoms with Crippen LogP contribution in [0.15, 0.2) is 0 Å².